The number of amides is 1. The van der Waals surface area contributed by atoms with Crippen molar-refractivity contribution in [2.24, 2.45) is 5.92 Å². The number of rotatable bonds is 6. The van der Waals surface area contributed by atoms with Gasteiger partial charge < -0.3 is 15.3 Å². The van der Waals surface area contributed by atoms with Crippen LogP contribution in [0.15, 0.2) is 24.3 Å². The predicted molar refractivity (Wildman–Crippen MR) is 77.0 cm³/mol. The molecule has 1 atom stereocenters. The number of hydrogen-bond acceptors (Lipinski definition) is 3. The average Bonchev–Trinajstić information content (AvgIpc) is 3.21. The van der Waals surface area contributed by atoms with Gasteiger partial charge in [0.2, 0.25) is 0 Å². The van der Waals surface area contributed by atoms with E-state index in [4.69, 9.17) is 5.11 Å². The lowest BCUT2D eigenvalue weighted by Gasteiger charge is -2.17. The molecule has 0 spiro atoms. The van der Waals surface area contributed by atoms with Crippen LogP contribution in [-0.4, -0.2) is 37.1 Å². The van der Waals surface area contributed by atoms with Gasteiger partial charge in [0, 0.05) is 31.4 Å². The number of carboxylic acid groups (broad SMARTS) is 1. The van der Waals surface area contributed by atoms with E-state index in [1.54, 1.807) is 12.1 Å². The van der Waals surface area contributed by atoms with E-state index >= 15 is 0 Å². The molecule has 2 N–H and O–H groups in total. The zero-order valence-electron chi connectivity index (χ0n) is 11.8. The van der Waals surface area contributed by atoms with E-state index in [9.17, 15) is 9.59 Å². The molecule has 1 aromatic carbocycles. The van der Waals surface area contributed by atoms with Crippen LogP contribution in [0.3, 0.4) is 0 Å². The maximum atomic E-state index is 12.2. The van der Waals surface area contributed by atoms with E-state index < -0.39 is 5.97 Å². The van der Waals surface area contributed by atoms with Crippen LogP contribution in [0.1, 0.15) is 29.6 Å². The first-order chi connectivity index (χ1) is 9.47. The molecule has 0 saturated heterocycles. The van der Waals surface area contributed by atoms with Crippen molar-refractivity contribution in [2.45, 2.75) is 25.3 Å². The number of carbonyl (C=O) groups is 2. The SMILES string of the molecule is CN(C)c1cccc(C(=O)NC(CC(=O)O)C2CC2)c1. The summed E-state index contributed by atoms with van der Waals surface area (Å²) in [6.07, 6.45) is 1.98. The van der Waals surface area contributed by atoms with Crippen molar-refractivity contribution < 1.29 is 14.7 Å². The molecule has 0 aromatic heterocycles. The first-order valence-corrected chi connectivity index (χ1v) is 6.77. The largest absolute Gasteiger partial charge is 0.481 e. The summed E-state index contributed by atoms with van der Waals surface area (Å²) in [4.78, 5) is 25.0. The van der Waals surface area contributed by atoms with Crippen LogP contribution in [0, 0.1) is 5.92 Å². The third-order valence-corrected chi connectivity index (χ3v) is 3.53. The molecule has 0 aliphatic heterocycles. The fourth-order valence-corrected chi connectivity index (χ4v) is 2.20. The molecule has 0 heterocycles. The number of benzene rings is 1. The zero-order valence-corrected chi connectivity index (χ0v) is 11.8. The third-order valence-electron chi connectivity index (χ3n) is 3.53. The van der Waals surface area contributed by atoms with E-state index in [0.717, 1.165) is 18.5 Å². The van der Waals surface area contributed by atoms with E-state index in [1.807, 2.05) is 31.1 Å². The first kappa shape index (κ1) is 14.4. The smallest absolute Gasteiger partial charge is 0.305 e. The molecule has 5 nitrogen and oxygen atoms in total. The maximum absolute atomic E-state index is 12.2. The maximum Gasteiger partial charge on any atom is 0.305 e. The van der Waals surface area contributed by atoms with E-state index in [2.05, 4.69) is 5.32 Å². The minimum absolute atomic E-state index is 0.0101. The van der Waals surface area contributed by atoms with Gasteiger partial charge >= 0.3 is 5.97 Å². The topological polar surface area (TPSA) is 69.6 Å². The van der Waals surface area contributed by atoms with Crippen LogP contribution in [-0.2, 0) is 4.79 Å². The molecule has 1 amide bonds. The minimum Gasteiger partial charge on any atom is -0.481 e. The van der Waals surface area contributed by atoms with Crippen LogP contribution < -0.4 is 10.2 Å². The zero-order chi connectivity index (χ0) is 14.7. The third kappa shape index (κ3) is 3.73. The van der Waals surface area contributed by atoms with Gasteiger partial charge in [0.25, 0.3) is 5.91 Å². The fraction of sp³-hybridized carbons (Fsp3) is 0.467. The molecule has 0 bridgehead atoms. The summed E-state index contributed by atoms with van der Waals surface area (Å²) < 4.78 is 0. The van der Waals surface area contributed by atoms with Crippen molar-refractivity contribution in [1.29, 1.82) is 0 Å². The molecule has 2 rings (SSSR count). The first-order valence-electron chi connectivity index (χ1n) is 6.77. The Balaban J connectivity index is 2.06. The molecule has 1 fully saturated rings. The molecule has 5 heteroatoms. The molecular formula is C15H20N2O3. The highest BCUT2D eigenvalue weighted by molar-refractivity contribution is 5.95. The molecule has 0 radical (unpaired) electrons. The molecule has 20 heavy (non-hydrogen) atoms. The average molecular weight is 276 g/mol. The molecule has 1 aromatic rings. The number of anilines is 1. The fourth-order valence-electron chi connectivity index (χ4n) is 2.20. The minimum atomic E-state index is -0.871. The Kier molecular flexibility index (Phi) is 4.27. The van der Waals surface area contributed by atoms with Crippen LogP contribution in [0.25, 0.3) is 0 Å². The lowest BCUT2D eigenvalue weighted by molar-refractivity contribution is -0.137. The van der Waals surface area contributed by atoms with Crippen LogP contribution in [0.2, 0.25) is 0 Å². The Morgan fingerprint density at radius 2 is 2.10 bits per heavy atom. The summed E-state index contributed by atoms with van der Waals surface area (Å²) >= 11 is 0. The van der Waals surface area contributed by atoms with E-state index in [1.165, 1.54) is 0 Å². The Morgan fingerprint density at radius 3 is 2.65 bits per heavy atom. The Morgan fingerprint density at radius 1 is 1.40 bits per heavy atom. The van der Waals surface area contributed by atoms with Crippen molar-refractivity contribution >= 4 is 17.6 Å². The van der Waals surface area contributed by atoms with Gasteiger partial charge in [0.1, 0.15) is 0 Å². The van der Waals surface area contributed by atoms with Crippen molar-refractivity contribution in [1.82, 2.24) is 5.32 Å². The molecule has 108 valence electrons. The Hall–Kier alpha value is -2.04. The molecule has 1 aliphatic carbocycles. The van der Waals surface area contributed by atoms with Crippen LogP contribution >= 0.6 is 0 Å². The molecular weight excluding hydrogens is 256 g/mol. The van der Waals surface area contributed by atoms with Gasteiger partial charge in [-0.2, -0.15) is 0 Å². The Bertz CT molecular complexity index is 510. The molecule has 1 saturated carbocycles. The summed E-state index contributed by atoms with van der Waals surface area (Å²) in [7, 11) is 3.82. The second-order valence-electron chi connectivity index (χ2n) is 5.46. The van der Waals surface area contributed by atoms with Gasteiger partial charge in [-0.1, -0.05) is 6.07 Å². The highest BCUT2D eigenvalue weighted by Gasteiger charge is 2.33. The quantitative estimate of drug-likeness (QED) is 0.830. The highest BCUT2D eigenvalue weighted by Crippen LogP contribution is 2.34. The molecule has 1 aliphatic rings. The number of nitrogens with zero attached hydrogens (tertiary/aromatic N) is 1. The summed E-state index contributed by atoms with van der Waals surface area (Å²) in [6.45, 7) is 0. The van der Waals surface area contributed by atoms with Crippen molar-refractivity contribution in [3.8, 4) is 0 Å². The summed E-state index contributed by atoms with van der Waals surface area (Å²) in [6, 6.07) is 7.04. The van der Waals surface area contributed by atoms with Gasteiger partial charge in [0.05, 0.1) is 6.42 Å². The Labute approximate surface area is 118 Å². The number of aliphatic carboxylic acids is 1. The number of carboxylic acids is 1. The summed E-state index contributed by atoms with van der Waals surface area (Å²) in [5, 5.41) is 11.8. The van der Waals surface area contributed by atoms with Crippen molar-refractivity contribution in [2.75, 3.05) is 19.0 Å². The molecule has 1 unspecified atom stereocenters. The van der Waals surface area contributed by atoms with E-state index in [0.29, 0.717) is 11.5 Å². The van der Waals surface area contributed by atoms with Gasteiger partial charge in [-0.15, -0.1) is 0 Å². The lowest BCUT2D eigenvalue weighted by Crippen LogP contribution is -2.38. The van der Waals surface area contributed by atoms with Crippen molar-refractivity contribution in [3.63, 3.8) is 0 Å². The predicted octanol–water partition coefficient (Wildman–Crippen LogP) is 1.74. The van der Waals surface area contributed by atoms with Gasteiger partial charge in [-0.05, 0) is 37.0 Å². The van der Waals surface area contributed by atoms with E-state index in [-0.39, 0.29) is 18.4 Å². The van der Waals surface area contributed by atoms with Crippen molar-refractivity contribution in [3.05, 3.63) is 29.8 Å². The normalized spacial score (nSPS) is 15.5. The summed E-state index contributed by atoms with van der Waals surface area (Å²) in [5.41, 5.74) is 1.51. The number of hydrogen-bond donors (Lipinski definition) is 2. The van der Waals surface area contributed by atoms with Crippen LogP contribution in [0.4, 0.5) is 5.69 Å². The number of nitrogens with one attached hydrogen (secondary N) is 1. The monoisotopic (exact) mass is 276 g/mol. The highest BCUT2D eigenvalue weighted by atomic mass is 16.4. The second-order valence-corrected chi connectivity index (χ2v) is 5.46. The lowest BCUT2D eigenvalue weighted by atomic mass is 10.1. The number of carbonyl (C=O) groups excluding carboxylic acids is 1. The van der Waals surface area contributed by atoms with Gasteiger partial charge in [-0.25, -0.2) is 0 Å². The standard InChI is InChI=1S/C15H20N2O3/c1-17(2)12-5-3-4-11(8-12)15(20)16-13(9-14(18)19)10-6-7-10/h3-5,8,10,13H,6-7,9H2,1-2H3,(H,16,20)(H,18,19). The van der Waals surface area contributed by atoms with Gasteiger partial charge in [-0.3, -0.25) is 9.59 Å². The van der Waals surface area contributed by atoms with Gasteiger partial charge in [0.15, 0.2) is 0 Å². The summed E-state index contributed by atoms with van der Waals surface area (Å²) in [5.74, 6) is -0.761. The second kappa shape index (κ2) is 5.94. The van der Waals surface area contributed by atoms with Crippen LogP contribution in [0.5, 0.6) is 0 Å².